The van der Waals surface area contributed by atoms with Gasteiger partial charge in [-0.1, -0.05) is 0 Å². The standard InChI is InChI=1S/C23H39N3O4S/c1-15-14-25(23(28)18-5-6-18)22-13-19(9-12-21(22)26(15)16(2)27)17-7-10-20(11-8-17)31(29,30)24(3)4/h15,17-22H,5-14H2,1-4H3/t15-,17?,19?,20?,21?,22?/m0/s1. The highest BCUT2D eigenvalue weighted by atomic mass is 32.2. The second-order valence-electron chi connectivity index (χ2n) is 10.6. The third-order valence-corrected chi connectivity index (χ3v) is 10.7. The van der Waals surface area contributed by atoms with Crippen LogP contribution < -0.4 is 0 Å². The molecule has 7 nitrogen and oxygen atoms in total. The monoisotopic (exact) mass is 453 g/mol. The molecule has 4 aliphatic rings. The van der Waals surface area contributed by atoms with E-state index in [9.17, 15) is 18.0 Å². The fourth-order valence-electron chi connectivity index (χ4n) is 6.60. The second kappa shape index (κ2) is 8.65. The van der Waals surface area contributed by atoms with Gasteiger partial charge in [0.15, 0.2) is 0 Å². The van der Waals surface area contributed by atoms with Crippen LogP contribution >= 0.6 is 0 Å². The number of rotatable bonds is 4. The van der Waals surface area contributed by atoms with Crippen molar-refractivity contribution in [2.45, 2.75) is 95.0 Å². The van der Waals surface area contributed by atoms with Crippen LogP contribution in [0.2, 0.25) is 0 Å². The topological polar surface area (TPSA) is 78.0 Å². The molecule has 8 heteroatoms. The minimum Gasteiger partial charge on any atom is -0.335 e. The highest BCUT2D eigenvalue weighted by Crippen LogP contribution is 2.45. The van der Waals surface area contributed by atoms with Crippen molar-refractivity contribution in [3.05, 3.63) is 0 Å². The maximum absolute atomic E-state index is 13.1. The number of amides is 2. The van der Waals surface area contributed by atoms with Crippen LogP contribution in [0.4, 0.5) is 0 Å². The summed E-state index contributed by atoms with van der Waals surface area (Å²) in [7, 11) is 0.0656. The fourth-order valence-corrected chi connectivity index (χ4v) is 8.07. The lowest BCUT2D eigenvalue weighted by Gasteiger charge is -2.55. The van der Waals surface area contributed by atoms with Gasteiger partial charge in [0.05, 0.1) is 17.3 Å². The molecule has 0 aromatic carbocycles. The quantitative estimate of drug-likeness (QED) is 0.655. The number of sulfonamides is 1. The van der Waals surface area contributed by atoms with Gasteiger partial charge in [0.2, 0.25) is 21.8 Å². The molecule has 1 saturated heterocycles. The van der Waals surface area contributed by atoms with E-state index in [1.807, 2.05) is 4.90 Å². The van der Waals surface area contributed by atoms with Crippen molar-refractivity contribution >= 4 is 21.8 Å². The van der Waals surface area contributed by atoms with Crippen LogP contribution in [0, 0.1) is 17.8 Å². The molecule has 0 spiro atoms. The highest BCUT2D eigenvalue weighted by molar-refractivity contribution is 7.89. The Morgan fingerprint density at radius 2 is 1.48 bits per heavy atom. The Morgan fingerprint density at radius 1 is 0.871 bits per heavy atom. The van der Waals surface area contributed by atoms with Gasteiger partial charge in [0.1, 0.15) is 0 Å². The van der Waals surface area contributed by atoms with Crippen molar-refractivity contribution in [1.29, 1.82) is 0 Å². The smallest absolute Gasteiger partial charge is 0.226 e. The molecule has 4 rings (SSSR count). The van der Waals surface area contributed by atoms with Gasteiger partial charge in [0, 0.05) is 39.5 Å². The molecule has 3 aliphatic carbocycles. The first kappa shape index (κ1) is 23.0. The van der Waals surface area contributed by atoms with E-state index in [0.717, 1.165) is 57.8 Å². The molecule has 1 aliphatic heterocycles. The first-order valence-corrected chi connectivity index (χ1v) is 13.6. The lowest BCUT2D eigenvalue weighted by Crippen LogP contribution is -2.67. The maximum atomic E-state index is 13.1. The van der Waals surface area contributed by atoms with Crippen molar-refractivity contribution in [2.75, 3.05) is 20.6 Å². The first-order valence-electron chi connectivity index (χ1n) is 12.1. The normalized spacial score (nSPS) is 36.9. The number of hydrogen-bond acceptors (Lipinski definition) is 4. The Bertz CT molecular complexity index is 802. The summed E-state index contributed by atoms with van der Waals surface area (Å²) < 4.78 is 26.4. The molecule has 3 unspecified atom stereocenters. The lowest BCUT2D eigenvalue weighted by atomic mass is 9.69. The number of piperazine rings is 1. The Morgan fingerprint density at radius 3 is 2.03 bits per heavy atom. The number of carbonyl (C=O) groups excluding carboxylic acids is 2. The van der Waals surface area contributed by atoms with Crippen LogP contribution in [-0.4, -0.2) is 78.4 Å². The lowest BCUT2D eigenvalue weighted by molar-refractivity contribution is -0.155. The predicted octanol–water partition coefficient (Wildman–Crippen LogP) is 2.46. The Labute approximate surface area is 187 Å². The number of nitrogens with zero attached hydrogens (tertiary/aromatic N) is 3. The molecule has 2 amide bonds. The average molecular weight is 454 g/mol. The van der Waals surface area contributed by atoms with Gasteiger partial charge in [-0.15, -0.1) is 0 Å². The van der Waals surface area contributed by atoms with E-state index >= 15 is 0 Å². The molecule has 0 aromatic rings. The Kier molecular flexibility index (Phi) is 6.43. The fraction of sp³-hybridized carbons (Fsp3) is 0.913. The van der Waals surface area contributed by atoms with E-state index in [-0.39, 0.29) is 35.2 Å². The van der Waals surface area contributed by atoms with Gasteiger partial charge in [-0.25, -0.2) is 12.7 Å². The van der Waals surface area contributed by atoms with E-state index in [1.165, 1.54) is 4.31 Å². The van der Waals surface area contributed by atoms with Crippen LogP contribution in [0.15, 0.2) is 0 Å². The molecule has 0 aromatic heterocycles. The molecule has 0 N–H and O–H groups in total. The summed E-state index contributed by atoms with van der Waals surface area (Å²) in [5.74, 6) is 1.66. The van der Waals surface area contributed by atoms with Crippen molar-refractivity contribution in [3.8, 4) is 0 Å². The minimum atomic E-state index is -3.18. The molecular formula is C23H39N3O4S. The molecular weight excluding hydrogens is 414 g/mol. The zero-order valence-electron chi connectivity index (χ0n) is 19.5. The Hall–Kier alpha value is -1.15. The van der Waals surface area contributed by atoms with Gasteiger partial charge in [0.25, 0.3) is 0 Å². The maximum Gasteiger partial charge on any atom is 0.226 e. The molecule has 4 atom stereocenters. The molecule has 31 heavy (non-hydrogen) atoms. The molecule has 3 saturated carbocycles. The molecule has 176 valence electrons. The summed E-state index contributed by atoms with van der Waals surface area (Å²) in [5, 5.41) is -0.258. The van der Waals surface area contributed by atoms with Gasteiger partial charge < -0.3 is 9.80 Å². The molecule has 1 heterocycles. The summed E-state index contributed by atoms with van der Waals surface area (Å²) in [4.78, 5) is 29.7. The average Bonchev–Trinajstić information content (AvgIpc) is 3.57. The predicted molar refractivity (Wildman–Crippen MR) is 120 cm³/mol. The van der Waals surface area contributed by atoms with Gasteiger partial charge >= 0.3 is 0 Å². The van der Waals surface area contributed by atoms with Gasteiger partial charge in [-0.05, 0) is 76.5 Å². The third kappa shape index (κ3) is 4.39. The van der Waals surface area contributed by atoms with Crippen LogP contribution in [0.5, 0.6) is 0 Å². The zero-order chi connectivity index (χ0) is 22.5. The molecule has 0 radical (unpaired) electrons. The van der Waals surface area contributed by atoms with E-state index in [4.69, 9.17) is 0 Å². The summed E-state index contributed by atoms with van der Waals surface area (Å²) in [6, 6.07) is 0.325. The number of hydrogen-bond donors (Lipinski definition) is 0. The van der Waals surface area contributed by atoms with Gasteiger partial charge in [-0.2, -0.15) is 0 Å². The number of carbonyl (C=O) groups is 2. The van der Waals surface area contributed by atoms with E-state index in [2.05, 4.69) is 11.8 Å². The van der Waals surface area contributed by atoms with E-state index < -0.39 is 10.0 Å². The van der Waals surface area contributed by atoms with Crippen LogP contribution in [0.1, 0.15) is 71.6 Å². The van der Waals surface area contributed by atoms with Crippen molar-refractivity contribution in [1.82, 2.24) is 14.1 Å². The van der Waals surface area contributed by atoms with Crippen LogP contribution in [0.3, 0.4) is 0 Å². The second-order valence-corrected chi connectivity index (χ2v) is 13.0. The molecule has 0 bridgehead atoms. The highest BCUT2D eigenvalue weighted by Gasteiger charge is 2.49. The number of fused-ring (bicyclic) bond motifs is 1. The van der Waals surface area contributed by atoms with Crippen molar-refractivity contribution in [2.24, 2.45) is 17.8 Å². The third-order valence-electron chi connectivity index (χ3n) is 8.40. The summed E-state index contributed by atoms with van der Waals surface area (Å²) in [5.41, 5.74) is 0. The largest absolute Gasteiger partial charge is 0.335 e. The van der Waals surface area contributed by atoms with Gasteiger partial charge in [-0.3, -0.25) is 9.59 Å². The van der Waals surface area contributed by atoms with E-state index in [0.29, 0.717) is 24.3 Å². The van der Waals surface area contributed by atoms with Crippen molar-refractivity contribution in [3.63, 3.8) is 0 Å². The summed E-state index contributed by atoms with van der Waals surface area (Å²) in [6.45, 7) is 4.38. The SMILES string of the molecule is CC(=O)N1C2CCC(C3CCC(S(=O)(=O)N(C)C)CC3)CC2N(C(=O)C2CC2)C[C@@H]1C. The van der Waals surface area contributed by atoms with Crippen molar-refractivity contribution < 1.29 is 18.0 Å². The Balaban J connectivity index is 1.46. The van der Waals surface area contributed by atoms with Crippen LogP contribution in [-0.2, 0) is 19.6 Å². The zero-order valence-corrected chi connectivity index (χ0v) is 20.3. The minimum absolute atomic E-state index is 0.0738. The summed E-state index contributed by atoms with van der Waals surface area (Å²) in [6.07, 6.45) is 8.34. The summed E-state index contributed by atoms with van der Waals surface area (Å²) >= 11 is 0. The van der Waals surface area contributed by atoms with Crippen LogP contribution in [0.25, 0.3) is 0 Å². The molecule has 4 fully saturated rings. The van der Waals surface area contributed by atoms with E-state index in [1.54, 1.807) is 21.0 Å². The first-order chi connectivity index (χ1) is 14.6.